The van der Waals surface area contributed by atoms with E-state index in [2.05, 4.69) is 28.7 Å². The molecule has 2 N–H and O–H groups in total. The van der Waals surface area contributed by atoms with E-state index < -0.39 is 0 Å². The van der Waals surface area contributed by atoms with Crippen molar-refractivity contribution in [2.75, 3.05) is 24.5 Å². The molecule has 1 aliphatic rings. The van der Waals surface area contributed by atoms with Gasteiger partial charge >= 0.3 is 0 Å². The number of anilines is 1. The SMILES string of the molecule is Cc1nc(C(=O)N(CC(C)C)C(C)C)nc(N2CC[C@@H](N)C2)c1C. The van der Waals surface area contributed by atoms with Crippen molar-refractivity contribution in [2.45, 2.75) is 60.0 Å². The number of rotatable bonds is 5. The summed E-state index contributed by atoms with van der Waals surface area (Å²) < 4.78 is 0. The molecule has 1 aliphatic heterocycles. The molecule has 1 aromatic rings. The predicted molar refractivity (Wildman–Crippen MR) is 97.3 cm³/mol. The molecule has 1 atom stereocenters. The molecule has 0 bridgehead atoms. The van der Waals surface area contributed by atoms with Gasteiger partial charge < -0.3 is 15.5 Å². The van der Waals surface area contributed by atoms with Gasteiger partial charge in [-0.05, 0) is 40.0 Å². The molecular formula is C18H31N5O. The third-order valence-corrected chi connectivity index (χ3v) is 4.53. The highest BCUT2D eigenvalue weighted by atomic mass is 16.2. The number of carbonyl (C=O) groups excluding carboxylic acids is 1. The number of hydrogen-bond acceptors (Lipinski definition) is 5. The Hall–Kier alpha value is -1.69. The quantitative estimate of drug-likeness (QED) is 0.893. The second-order valence-corrected chi connectivity index (χ2v) is 7.52. The Labute approximate surface area is 145 Å². The maximum Gasteiger partial charge on any atom is 0.291 e. The summed E-state index contributed by atoms with van der Waals surface area (Å²) in [6.45, 7) is 14.6. The van der Waals surface area contributed by atoms with Crippen LogP contribution < -0.4 is 10.6 Å². The van der Waals surface area contributed by atoms with Crippen LogP contribution in [0.15, 0.2) is 0 Å². The van der Waals surface area contributed by atoms with Crippen molar-refractivity contribution >= 4 is 11.7 Å². The lowest BCUT2D eigenvalue weighted by atomic mass is 10.1. The van der Waals surface area contributed by atoms with Crippen molar-refractivity contribution < 1.29 is 4.79 Å². The van der Waals surface area contributed by atoms with Gasteiger partial charge in [-0.15, -0.1) is 0 Å². The summed E-state index contributed by atoms with van der Waals surface area (Å²) in [5.41, 5.74) is 7.92. The van der Waals surface area contributed by atoms with Gasteiger partial charge in [-0.1, -0.05) is 13.8 Å². The van der Waals surface area contributed by atoms with Crippen LogP contribution in [-0.2, 0) is 0 Å². The average molecular weight is 333 g/mol. The van der Waals surface area contributed by atoms with Crippen molar-refractivity contribution in [1.82, 2.24) is 14.9 Å². The van der Waals surface area contributed by atoms with Gasteiger partial charge in [0.2, 0.25) is 5.82 Å². The zero-order valence-electron chi connectivity index (χ0n) is 15.8. The van der Waals surface area contributed by atoms with Gasteiger partial charge in [0.15, 0.2) is 0 Å². The minimum atomic E-state index is -0.0912. The van der Waals surface area contributed by atoms with Gasteiger partial charge in [-0.2, -0.15) is 0 Å². The molecule has 1 aromatic heterocycles. The zero-order valence-corrected chi connectivity index (χ0v) is 15.8. The molecule has 1 saturated heterocycles. The Morgan fingerprint density at radius 2 is 1.96 bits per heavy atom. The first-order valence-electron chi connectivity index (χ1n) is 8.87. The molecule has 6 nitrogen and oxygen atoms in total. The van der Waals surface area contributed by atoms with Gasteiger partial charge in [-0.3, -0.25) is 4.79 Å². The second kappa shape index (κ2) is 7.47. The van der Waals surface area contributed by atoms with Gasteiger partial charge in [-0.25, -0.2) is 9.97 Å². The largest absolute Gasteiger partial charge is 0.355 e. The first-order valence-corrected chi connectivity index (χ1v) is 8.87. The maximum absolute atomic E-state index is 13.0. The highest BCUT2D eigenvalue weighted by Gasteiger charge is 2.27. The zero-order chi connectivity index (χ0) is 18.0. The van der Waals surface area contributed by atoms with Crippen molar-refractivity contribution in [3.8, 4) is 0 Å². The first-order chi connectivity index (χ1) is 11.2. The number of amides is 1. The molecule has 2 heterocycles. The van der Waals surface area contributed by atoms with E-state index in [-0.39, 0.29) is 18.0 Å². The Morgan fingerprint density at radius 1 is 1.29 bits per heavy atom. The maximum atomic E-state index is 13.0. The van der Waals surface area contributed by atoms with Crippen molar-refractivity contribution in [1.29, 1.82) is 0 Å². The van der Waals surface area contributed by atoms with Crippen molar-refractivity contribution in [3.63, 3.8) is 0 Å². The van der Waals surface area contributed by atoms with Gasteiger partial charge in [0.05, 0.1) is 0 Å². The predicted octanol–water partition coefficient (Wildman–Crippen LogP) is 2.14. The van der Waals surface area contributed by atoms with Crippen LogP contribution in [0.1, 0.15) is 56.0 Å². The Balaban J connectivity index is 2.36. The number of hydrogen-bond donors (Lipinski definition) is 1. The van der Waals surface area contributed by atoms with Crippen LogP contribution in [0.25, 0.3) is 0 Å². The number of carbonyl (C=O) groups is 1. The second-order valence-electron chi connectivity index (χ2n) is 7.52. The van der Waals surface area contributed by atoms with Crippen LogP contribution in [0.4, 0.5) is 5.82 Å². The number of nitrogens with two attached hydrogens (primary N) is 1. The van der Waals surface area contributed by atoms with Gasteiger partial charge in [0.1, 0.15) is 5.82 Å². The van der Waals surface area contributed by atoms with Crippen molar-refractivity contribution in [2.24, 2.45) is 11.7 Å². The molecule has 134 valence electrons. The van der Waals surface area contributed by atoms with Gasteiger partial charge in [0, 0.05) is 43.0 Å². The fourth-order valence-corrected chi connectivity index (χ4v) is 3.05. The molecule has 0 aromatic carbocycles. The molecule has 0 saturated carbocycles. The lowest BCUT2D eigenvalue weighted by Crippen LogP contribution is -2.40. The van der Waals surface area contributed by atoms with E-state index in [0.29, 0.717) is 18.3 Å². The summed E-state index contributed by atoms with van der Waals surface area (Å²) in [6.07, 6.45) is 0.956. The van der Waals surface area contributed by atoms with E-state index in [1.54, 1.807) is 0 Å². The molecule has 0 aliphatic carbocycles. The van der Waals surface area contributed by atoms with E-state index in [9.17, 15) is 4.79 Å². The topological polar surface area (TPSA) is 75.4 Å². The Bertz CT molecular complexity index is 599. The molecule has 0 spiro atoms. The molecule has 6 heteroatoms. The van der Waals surface area contributed by atoms with Crippen LogP contribution in [-0.4, -0.2) is 52.5 Å². The first kappa shape index (κ1) is 18.6. The summed E-state index contributed by atoms with van der Waals surface area (Å²) >= 11 is 0. The van der Waals surface area contributed by atoms with E-state index in [0.717, 1.165) is 36.6 Å². The molecule has 24 heavy (non-hydrogen) atoms. The molecular weight excluding hydrogens is 302 g/mol. The van der Waals surface area contributed by atoms with Crippen LogP contribution in [0.3, 0.4) is 0 Å². The standard InChI is InChI=1S/C18H31N5O/c1-11(2)9-23(12(3)4)18(24)16-20-14(6)13(5)17(21-16)22-8-7-15(19)10-22/h11-12,15H,7-10,19H2,1-6H3/t15-/m1/s1. The van der Waals surface area contributed by atoms with Crippen molar-refractivity contribution in [3.05, 3.63) is 17.1 Å². The smallest absolute Gasteiger partial charge is 0.291 e. The summed E-state index contributed by atoms with van der Waals surface area (Å²) in [4.78, 5) is 26.1. The molecule has 1 fully saturated rings. The van der Waals surface area contributed by atoms with Crippen LogP contribution in [0, 0.1) is 19.8 Å². The van der Waals surface area contributed by atoms with Crippen LogP contribution in [0.5, 0.6) is 0 Å². The van der Waals surface area contributed by atoms with E-state index >= 15 is 0 Å². The van der Waals surface area contributed by atoms with Crippen LogP contribution >= 0.6 is 0 Å². The number of aryl methyl sites for hydroxylation is 1. The summed E-state index contributed by atoms with van der Waals surface area (Å²) in [5.74, 6) is 1.46. The highest BCUT2D eigenvalue weighted by Crippen LogP contribution is 2.24. The van der Waals surface area contributed by atoms with E-state index in [1.807, 2.05) is 32.6 Å². The lowest BCUT2D eigenvalue weighted by molar-refractivity contribution is 0.0669. The Kier molecular flexibility index (Phi) is 5.80. The fraction of sp³-hybridized carbons (Fsp3) is 0.722. The minimum absolute atomic E-state index is 0.0912. The van der Waals surface area contributed by atoms with Crippen LogP contribution in [0.2, 0.25) is 0 Å². The monoisotopic (exact) mass is 333 g/mol. The highest BCUT2D eigenvalue weighted by molar-refractivity contribution is 5.91. The number of nitrogens with zero attached hydrogens (tertiary/aromatic N) is 4. The molecule has 0 unspecified atom stereocenters. The molecule has 1 amide bonds. The lowest BCUT2D eigenvalue weighted by Gasteiger charge is -2.28. The summed E-state index contributed by atoms with van der Waals surface area (Å²) in [5, 5.41) is 0. The number of aromatic nitrogens is 2. The summed E-state index contributed by atoms with van der Waals surface area (Å²) in [6, 6.07) is 0.292. The summed E-state index contributed by atoms with van der Waals surface area (Å²) in [7, 11) is 0. The normalized spacial score (nSPS) is 17.9. The average Bonchev–Trinajstić information content (AvgIpc) is 2.92. The third-order valence-electron chi connectivity index (χ3n) is 4.53. The molecule has 0 radical (unpaired) electrons. The van der Waals surface area contributed by atoms with E-state index in [1.165, 1.54) is 0 Å². The van der Waals surface area contributed by atoms with Gasteiger partial charge in [0.25, 0.3) is 5.91 Å². The van der Waals surface area contributed by atoms with E-state index in [4.69, 9.17) is 5.73 Å². The Morgan fingerprint density at radius 3 is 2.46 bits per heavy atom. The molecule has 2 rings (SSSR count). The minimum Gasteiger partial charge on any atom is -0.355 e. The fourth-order valence-electron chi connectivity index (χ4n) is 3.05. The third kappa shape index (κ3) is 4.04.